The molecule has 0 saturated heterocycles. The van der Waals surface area contributed by atoms with Crippen LogP contribution >= 0.6 is 0 Å². The molecule has 1 aromatic heterocycles. The Labute approximate surface area is 114 Å². The van der Waals surface area contributed by atoms with Gasteiger partial charge in [-0.3, -0.25) is 0 Å². The Hall–Kier alpha value is -2.70. The maximum absolute atomic E-state index is 11.2. The lowest BCUT2D eigenvalue weighted by molar-refractivity contribution is -0.132. The van der Waals surface area contributed by atoms with Crippen LogP contribution in [0.25, 0.3) is 0 Å². The molecule has 0 unspecified atom stereocenters. The number of carboxylic acids is 1. The standard InChI is InChI=1S/C13H13N5O2/c1-7-3-4-9(5-8(7)2)11-6-10(12(19)20)14-13-15-16-17-18(11)13/h3-6,11H,1-2H3,(H,19,20)(H,14,15,17)/t11-/m0/s1. The number of hydrogen-bond acceptors (Lipinski definition) is 5. The first kappa shape index (κ1) is 12.3. The Kier molecular flexibility index (Phi) is 2.74. The van der Waals surface area contributed by atoms with Crippen LogP contribution in [0.1, 0.15) is 22.7 Å². The van der Waals surface area contributed by atoms with Gasteiger partial charge in [0.1, 0.15) is 11.7 Å². The van der Waals surface area contributed by atoms with Crippen molar-refractivity contribution in [2.45, 2.75) is 19.9 Å². The second kappa shape index (κ2) is 4.44. The van der Waals surface area contributed by atoms with Gasteiger partial charge >= 0.3 is 5.97 Å². The number of carboxylic acid groups (broad SMARTS) is 1. The molecule has 0 radical (unpaired) electrons. The Bertz CT molecular complexity index is 719. The molecule has 7 heteroatoms. The van der Waals surface area contributed by atoms with Crippen LogP contribution in [0.5, 0.6) is 0 Å². The number of benzene rings is 1. The summed E-state index contributed by atoms with van der Waals surface area (Å²) >= 11 is 0. The summed E-state index contributed by atoms with van der Waals surface area (Å²) in [4.78, 5) is 11.2. The molecule has 20 heavy (non-hydrogen) atoms. The van der Waals surface area contributed by atoms with E-state index in [0.717, 1.165) is 11.1 Å². The van der Waals surface area contributed by atoms with Crippen LogP contribution in [0.4, 0.5) is 5.95 Å². The fraction of sp³-hybridized carbons (Fsp3) is 0.231. The highest BCUT2D eigenvalue weighted by molar-refractivity contribution is 5.90. The number of carbonyl (C=O) groups is 1. The van der Waals surface area contributed by atoms with E-state index in [1.54, 1.807) is 10.8 Å². The van der Waals surface area contributed by atoms with Gasteiger partial charge in [0, 0.05) is 0 Å². The lowest BCUT2D eigenvalue weighted by Gasteiger charge is -2.22. The zero-order valence-electron chi connectivity index (χ0n) is 11.0. The van der Waals surface area contributed by atoms with E-state index in [4.69, 9.17) is 5.11 Å². The minimum atomic E-state index is -1.03. The number of hydrogen-bond donors (Lipinski definition) is 2. The molecule has 1 aliphatic rings. The van der Waals surface area contributed by atoms with Gasteiger partial charge in [-0.25, -0.2) is 4.79 Å². The Morgan fingerprint density at radius 2 is 2.15 bits per heavy atom. The van der Waals surface area contributed by atoms with Crippen molar-refractivity contribution in [2.24, 2.45) is 0 Å². The summed E-state index contributed by atoms with van der Waals surface area (Å²) in [5.74, 6) is -0.707. The summed E-state index contributed by atoms with van der Waals surface area (Å²) in [6.07, 6.45) is 1.61. The Morgan fingerprint density at radius 1 is 1.35 bits per heavy atom. The molecule has 0 fully saturated rings. The number of tetrazole rings is 1. The number of nitrogens with one attached hydrogen (secondary N) is 1. The molecule has 0 spiro atoms. The molecule has 7 nitrogen and oxygen atoms in total. The van der Waals surface area contributed by atoms with Crippen molar-refractivity contribution in [2.75, 3.05) is 5.32 Å². The number of fused-ring (bicyclic) bond motifs is 1. The van der Waals surface area contributed by atoms with Crippen molar-refractivity contribution in [1.29, 1.82) is 0 Å². The van der Waals surface area contributed by atoms with Crippen LogP contribution in [-0.4, -0.2) is 31.3 Å². The predicted octanol–water partition coefficient (Wildman–Crippen LogP) is 1.27. The second-order valence-corrected chi connectivity index (χ2v) is 4.75. The summed E-state index contributed by atoms with van der Waals surface area (Å²) in [7, 11) is 0. The van der Waals surface area contributed by atoms with E-state index in [0.29, 0.717) is 5.95 Å². The number of rotatable bonds is 2. The average Bonchev–Trinajstić information content (AvgIpc) is 2.89. The zero-order valence-corrected chi connectivity index (χ0v) is 11.0. The highest BCUT2D eigenvalue weighted by atomic mass is 16.4. The van der Waals surface area contributed by atoms with Gasteiger partial charge in [-0.2, -0.15) is 4.68 Å². The first-order valence-corrected chi connectivity index (χ1v) is 6.13. The third-order valence-electron chi connectivity index (χ3n) is 3.43. The lowest BCUT2D eigenvalue weighted by Crippen LogP contribution is -2.24. The topological polar surface area (TPSA) is 92.9 Å². The molecule has 0 aliphatic carbocycles. The molecule has 0 amide bonds. The van der Waals surface area contributed by atoms with Crippen LogP contribution in [-0.2, 0) is 4.79 Å². The van der Waals surface area contributed by atoms with Gasteiger partial charge in [0.15, 0.2) is 0 Å². The summed E-state index contributed by atoms with van der Waals surface area (Å²) in [5, 5.41) is 23.1. The van der Waals surface area contributed by atoms with Gasteiger partial charge in [0.05, 0.1) is 0 Å². The van der Waals surface area contributed by atoms with Crippen LogP contribution in [0, 0.1) is 13.8 Å². The molecule has 0 saturated carbocycles. The van der Waals surface area contributed by atoms with E-state index in [1.807, 2.05) is 32.0 Å². The van der Waals surface area contributed by atoms with Crippen molar-refractivity contribution in [3.05, 3.63) is 46.7 Å². The maximum Gasteiger partial charge on any atom is 0.352 e. The largest absolute Gasteiger partial charge is 0.477 e. The molecule has 2 aromatic rings. The van der Waals surface area contributed by atoms with Crippen molar-refractivity contribution in [1.82, 2.24) is 20.2 Å². The maximum atomic E-state index is 11.2. The molecule has 1 atom stereocenters. The van der Waals surface area contributed by atoms with Gasteiger partial charge < -0.3 is 10.4 Å². The van der Waals surface area contributed by atoms with E-state index in [1.165, 1.54) is 5.56 Å². The monoisotopic (exact) mass is 271 g/mol. The highest BCUT2D eigenvalue weighted by Crippen LogP contribution is 2.28. The molecule has 3 rings (SSSR count). The Balaban J connectivity index is 2.11. The second-order valence-electron chi connectivity index (χ2n) is 4.75. The first-order valence-electron chi connectivity index (χ1n) is 6.13. The van der Waals surface area contributed by atoms with Crippen LogP contribution in [0.15, 0.2) is 30.0 Å². The third-order valence-corrected chi connectivity index (χ3v) is 3.43. The first-order chi connectivity index (χ1) is 9.56. The van der Waals surface area contributed by atoms with Crippen molar-refractivity contribution < 1.29 is 9.90 Å². The Morgan fingerprint density at radius 3 is 2.85 bits per heavy atom. The summed E-state index contributed by atoms with van der Waals surface area (Å²) in [6.45, 7) is 4.05. The molecule has 2 heterocycles. The van der Waals surface area contributed by atoms with Gasteiger partial charge in [-0.1, -0.05) is 23.3 Å². The molecule has 1 aliphatic heterocycles. The van der Waals surface area contributed by atoms with Gasteiger partial charge in [0.25, 0.3) is 0 Å². The zero-order chi connectivity index (χ0) is 14.3. The van der Waals surface area contributed by atoms with E-state index in [9.17, 15) is 4.79 Å². The minimum Gasteiger partial charge on any atom is -0.477 e. The molecular formula is C13H13N5O2. The SMILES string of the molecule is Cc1ccc([C@@H]2C=C(C(=O)O)Nc3nnnn32)cc1C. The normalized spacial score (nSPS) is 17.1. The van der Waals surface area contributed by atoms with Gasteiger partial charge in [-0.05, 0) is 47.0 Å². The predicted molar refractivity (Wildman–Crippen MR) is 71.2 cm³/mol. The van der Waals surface area contributed by atoms with Crippen molar-refractivity contribution in [3.63, 3.8) is 0 Å². The molecular weight excluding hydrogens is 258 g/mol. The van der Waals surface area contributed by atoms with Crippen molar-refractivity contribution >= 4 is 11.9 Å². The molecule has 0 bridgehead atoms. The van der Waals surface area contributed by atoms with Gasteiger partial charge in [-0.15, -0.1) is 0 Å². The number of aryl methyl sites for hydroxylation is 2. The number of anilines is 1. The van der Waals surface area contributed by atoms with Crippen LogP contribution in [0.2, 0.25) is 0 Å². The van der Waals surface area contributed by atoms with Gasteiger partial charge in [0.2, 0.25) is 5.95 Å². The smallest absolute Gasteiger partial charge is 0.352 e. The summed E-state index contributed by atoms with van der Waals surface area (Å²) in [5.41, 5.74) is 3.35. The van der Waals surface area contributed by atoms with Crippen molar-refractivity contribution in [3.8, 4) is 0 Å². The van der Waals surface area contributed by atoms with Crippen LogP contribution in [0.3, 0.4) is 0 Å². The number of allylic oxidation sites excluding steroid dienone is 1. The van der Waals surface area contributed by atoms with E-state index in [-0.39, 0.29) is 11.7 Å². The quantitative estimate of drug-likeness (QED) is 0.854. The summed E-state index contributed by atoms with van der Waals surface area (Å²) in [6, 6.07) is 5.66. The molecule has 102 valence electrons. The van der Waals surface area contributed by atoms with E-state index >= 15 is 0 Å². The minimum absolute atomic E-state index is 0.0792. The fourth-order valence-electron chi connectivity index (χ4n) is 2.16. The van der Waals surface area contributed by atoms with Crippen LogP contribution < -0.4 is 5.32 Å². The third kappa shape index (κ3) is 1.93. The lowest BCUT2D eigenvalue weighted by atomic mass is 9.99. The number of nitrogens with zero attached hydrogens (tertiary/aromatic N) is 4. The van der Waals surface area contributed by atoms with E-state index < -0.39 is 5.97 Å². The number of aliphatic carboxylic acids is 1. The molecule has 1 aromatic carbocycles. The average molecular weight is 271 g/mol. The number of aromatic nitrogens is 4. The highest BCUT2D eigenvalue weighted by Gasteiger charge is 2.26. The van der Waals surface area contributed by atoms with E-state index in [2.05, 4.69) is 20.8 Å². The molecule has 2 N–H and O–H groups in total. The fourth-order valence-corrected chi connectivity index (χ4v) is 2.16. The summed E-state index contributed by atoms with van der Waals surface area (Å²) < 4.78 is 1.57.